The third-order valence-corrected chi connectivity index (χ3v) is 7.71. The molecule has 34 heavy (non-hydrogen) atoms. The normalized spacial score (nSPS) is 22.7. The Kier molecular flexibility index (Phi) is 5.50. The molecule has 0 N–H and O–H groups in total. The zero-order chi connectivity index (χ0) is 24.1. The fourth-order valence-corrected chi connectivity index (χ4v) is 5.85. The lowest BCUT2D eigenvalue weighted by atomic mass is 9.82. The molecule has 0 unspecified atom stereocenters. The number of amides is 2. The summed E-state index contributed by atoms with van der Waals surface area (Å²) < 4.78 is 1.52. The van der Waals surface area contributed by atoms with Gasteiger partial charge in [-0.15, -0.1) is 0 Å². The van der Waals surface area contributed by atoms with Gasteiger partial charge < -0.3 is 14.4 Å². The smallest absolute Gasteiger partial charge is 0.334 e. The number of nitro groups is 1. The maximum atomic E-state index is 13.9. The van der Waals surface area contributed by atoms with Crippen LogP contribution in [-0.2, 0) is 17.9 Å². The van der Waals surface area contributed by atoms with Crippen molar-refractivity contribution in [3.63, 3.8) is 0 Å². The predicted octanol–water partition coefficient (Wildman–Crippen LogP) is 2.77. The van der Waals surface area contributed by atoms with Crippen LogP contribution >= 0.6 is 0 Å². The van der Waals surface area contributed by atoms with E-state index in [1.165, 1.54) is 10.6 Å². The second kappa shape index (κ2) is 8.38. The van der Waals surface area contributed by atoms with Crippen LogP contribution in [0.1, 0.15) is 54.2 Å². The van der Waals surface area contributed by atoms with Crippen LogP contribution in [0.2, 0.25) is 0 Å². The van der Waals surface area contributed by atoms with Crippen molar-refractivity contribution in [2.75, 3.05) is 13.1 Å². The molecule has 0 aliphatic carbocycles. The maximum absolute atomic E-state index is 13.9. The van der Waals surface area contributed by atoms with E-state index in [9.17, 15) is 24.5 Å². The number of fused-ring (bicyclic) bond motifs is 5. The number of pyridine rings is 1. The van der Waals surface area contributed by atoms with E-state index < -0.39 is 22.2 Å². The minimum atomic E-state index is -0.641. The first-order valence-electron chi connectivity index (χ1n) is 11.9. The van der Waals surface area contributed by atoms with Gasteiger partial charge in [-0.2, -0.15) is 0 Å². The first kappa shape index (κ1) is 22.3. The lowest BCUT2D eigenvalue weighted by Gasteiger charge is -2.45. The molecule has 4 atom stereocenters. The molecule has 4 heterocycles. The van der Waals surface area contributed by atoms with Crippen LogP contribution in [0, 0.1) is 22.0 Å². The van der Waals surface area contributed by atoms with Crippen LogP contribution in [0.3, 0.4) is 0 Å². The molecule has 2 amide bonds. The first-order valence-corrected chi connectivity index (χ1v) is 11.9. The minimum Gasteiger partial charge on any atom is -0.340 e. The van der Waals surface area contributed by atoms with Crippen LogP contribution in [0.5, 0.6) is 0 Å². The van der Waals surface area contributed by atoms with Crippen LogP contribution in [0.4, 0.5) is 5.69 Å². The van der Waals surface area contributed by atoms with E-state index in [4.69, 9.17) is 0 Å². The van der Waals surface area contributed by atoms with Crippen LogP contribution in [-0.4, -0.2) is 50.2 Å². The minimum absolute atomic E-state index is 0.00918. The number of hydrogen-bond acceptors (Lipinski definition) is 5. The predicted molar refractivity (Wildman–Crippen MR) is 124 cm³/mol. The molecule has 178 valence electrons. The molecule has 0 spiro atoms. The van der Waals surface area contributed by atoms with Gasteiger partial charge in [0.25, 0.3) is 5.91 Å². The number of likely N-dealkylation sites (tertiary alicyclic amines) is 1. The summed E-state index contributed by atoms with van der Waals surface area (Å²) in [4.78, 5) is 53.9. The molecule has 9 heteroatoms. The van der Waals surface area contributed by atoms with E-state index in [1.807, 2.05) is 43.0 Å². The van der Waals surface area contributed by atoms with Gasteiger partial charge in [-0.1, -0.05) is 38.5 Å². The Morgan fingerprint density at radius 2 is 1.91 bits per heavy atom. The Morgan fingerprint density at radius 3 is 2.62 bits per heavy atom. The van der Waals surface area contributed by atoms with Gasteiger partial charge in [-0.3, -0.25) is 24.5 Å². The molecule has 2 aromatic rings. The summed E-state index contributed by atoms with van der Waals surface area (Å²) in [6.45, 7) is 5.74. The van der Waals surface area contributed by atoms with Crippen molar-refractivity contribution in [2.24, 2.45) is 11.8 Å². The van der Waals surface area contributed by atoms with Gasteiger partial charge in [0.1, 0.15) is 6.04 Å². The number of piperidine rings is 1. The van der Waals surface area contributed by atoms with E-state index >= 15 is 0 Å². The zero-order valence-electron chi connectivity index (χ0n) is 19.3. The molecular weight excluding hydrogens is 436 g/mol. The summed E-state index contributed by atoms with van der Waals surface area (Å²) in [5.41, 5.74) is 1.36. The van der Waals surface area contributed by atoms with Crippen molar-refractivity contribution in [3.8, 4) is 0 Å². The highest BCUT2D eigenvalue weighted by atomic mass is 16.6. The number of rotatable bonds is 5. The lowest BCUT2D eigenvalue weighted by molar-refractivity contribution is -0.386. The zero-order valence-corrected chi connectivity index (χ0v) is 19.3. The topological polar surface area (TPSA) is 106 Å². The highest BCUT2D eigenvalue weighted by molar-refractivity contribution is 6.01. The third-order valence-electron chi connectivity index (χ3n) is 7.71. The average Bonchev–Trinajstić information content (AvgIpc) is 3.15. The molecule has 1 aromatic carbocycles. The molecule has 0 radical (unpaired) electrons. The Labute approximate surface area is 197 Å². The summed E-state index contributed by atoms with van der Waals surface area (Å²) in [5.74, 6) is -0.184. The van der Waals surface area contributed by atoms with E-state index in [0.29, 0.717) is 31.7 Å². The van der Waals surface area contributed by atoms with E-state index in [1.54, 1.807) is 11.0 Å². The Morgan fingerprint density at radius 1 is 1.15 bits per heavy atom. The van der Waals surface area contributed by atoms with Gasteiger partial charge in [0.15, 0.2) is 0 Å². The third kappa shape index (κ3) is 3.50. The van der Waals surface area contributed by atoms with Crippen LogP contribution in [0.15, 0.2) is 41.2 Å². The van der Waals surface area contributed by atoms with E-state index in [2.05, 4.69) is 0 Å². The molecular formula is C25H28N4O5. The van der Waals surface area contributed by atoms with E-state index in [-0.39, 0.29) is 29.6 Å². The quantitative estimate of drug-likeness (QED) is 0.500. The van der Waals surface area contributed by atoms with Crippen molar-refractivity contribution in [1.29, 1.82) is 0 Å². The standard InChI is InChI=1S/C25H28N4O5/c1-3-15(2)22(28-14-17-6-4-5-7-19(17)23(28)30)25(32)26-11-16-10-18(13-26)20-8-9-21(29(33)34)24(31)27(20)12-16/h4-9,15-16,18,22H,3,10-14H2,1-2H3/t15-,16+,18-,22+/m0/s1. The van der Waals surface area contributed by atoms with Crippen molar-refractivity contribution in [2.45, 2.75) is 51.7 Å². The lowest BCUT2D eigenvalue weighted by Crippen LogP contribution is -2.56. The van der Waals surface area contributed by atoms with Gasteiger partial charge in [-0.05, 0) is 36.0 Å². The number of carbonyl (C=O) groups excluding carboxylic acids is 2. The van der Waals surface area contributed by atoms with Gasteiger partial charge in [-0.25, -0.2) is 0 Å². The van der Waals surface area contributed by atoms with Gasteiger partial charge >= 0.3 is 11.2 Å². The first-order chi connectivity index (χ1) is 16.3. The molecule has 1 aromatic heterocycles. The number of aromatic nitrogens is 1. The second-order valence-corrected chi connectivity index (χ2v) is 9.78. The molecule has 3 aliphatic heterocycles. The SMILES string of the molecule is CC[C@H](C)[C@H](C(=O)N1C[C@H]2C[C@@H](C1)c1ccc([N+](=O)[O-])c(=O)n1C2)N1Cc2ccccc2C1=O. The number of benzene rings is 1. The Hall–Kier alpha value is -3.49. The van der Waals surface area contributed by atoms with Crippen LogP contribution < -0.4 is 5.56 Å². The monoisotopic (exact) mass is 464 g/mol. The molecule has 0 saturated carbocycles. The summed E-state index contributed by atoms with van der Waals surface area (Å²) in [6, 6.07) is 9.88. The molecule has 1 fully saturated rings. The molecule has 2 bridgehead atoms. The summed E-state index contributed by atoms with van der Waals surface area (Å²) in [6.07, 6.45) is 1.60. The Balaban J connectivity index is 1.43. The van der Waals surface area contributed by atoms with Crippen molar-refractivity contribution in [1.82, 2.24) is 14.4 Å². The molecule has 1 saturated heterocycles. The number of nitrogens with zero attached hydrogens (tertiary/aromatic N) is 4. The van der Waals surface area contributed by atoms with Gasteiger partial charge in [0.2, 0.25) is 5.91 Å². The largest absolute Gasteiger partial charge is 0.340 e. The summed E-state index contributed by atoms with van der Waals surface area (Å²) in [5, 5.41) is 11.2. The average molecular weight is 465 g/mol. The number of carbonyl (C=O) groups is 2. The summed E-state index contributed by atoms with van der Waals surface area (Å²) in [7, 11) is 0. The maximum Gasteiger partial charge on any atom is 0.334 e. The fraction of sp³-hybridized carbons (Fsp3) is 0.480. The second-order valence-electron chi connectivity index (χ2n) is 9.78. The highest BCUT2D eigenvalue weighted by Gasteiger charge is 2.44. The van der Waals surface area contributed by atoms with Crippen LogP contribution in [0.25, 0.3) is 0 Å². The van der Waals surface area contributed by atoms with Gasteiger partial charge in [0, 0.05) is 49.4 Å². The fourth-order valence-electron chi connectivity index (χ4n) is 5.85. The summed E-state index contributed by atoms with van der Waals surface area (Å²) >= 11 is 0. The molecule has 3 aliphatic rings. The molecule has 5 rings (SSSR count). The van der Waals surface area contributed by atoms with Crippen molar-refractivity contribution >= 4 is 17.5 Å². The Bertz CT molecular complexity index is 1240. The van der Waals surface area contributed by atoms with E-state index in [0.717, 1.165) is 24.1 Å². The van der Waals surface area contributed by atoms with Gasteiger partial charge in [0.05, 0.1) is 4.92 Å². The van der Waals surface area contributed by atoms with Crippen molar-refractivity contribution in [3.05, 3.63) is 73.7 Å². The molecule has 9 nitrogen and oxygen atoms in total. The highest BCUT2D eigenvalue weighted by Crippen LogP contribution is 2.37. The number of hydrogen-bond donors (Lipinski definition) is 0. The van der Waals surface area contributed by atoms with Crippen molar-refractivity contribution < 1.29 is 14.5 Å².